The predicted octanol–water partition coefficient (Wildman–Crippen LogP) is -0.225. The summed E-state index contributed by atoms with van der Waals surface area (Å²) in [6.45, 7) is 1.72. The number of likely N-dealkylation sites (N-methyl/N-ethyl adjacent to an activating group) is 1. The summed E-state index contributed by atoms with van der Waals surface area (Å²) in [7, 11) is 2.04. The molecular weight excluding hydrogens is 244 g/mol. The Morgan fingerprint density at radius 3 is 2.84 bits per heavy atom. The second-order valence-corrected chi connectivity index (χ2v) is 5.40. The van der Waals surface area contributed by atoms with Gasteiger partial charge in [-0.15, -0.1) is 0 Å². The van der Waals surface area contributed by atoms with E-state index in [-0.39, 0.29) is 17.2 Å². The minimum Gasteiger partial charge on any atom is -0.309 e. The SMILES string of the molecule is CN1CCc2c(cc(C(=O)NN)c(=O)n2C2CC2)C1. The van der Waals surface area contributed by atoms with Gasteiger partial charge in [0.2, 0.25) is 0 Å². The lowest BCUT2D eigenvalue weighted by molar-refractivity contribution is 0.0951. The summed E-state index contributed by atoms with van der Waals surface area (Å²) in [4.78, 5) is 26.4. The normalized spacial score (nSPS) is 19.1. The van der Waals surface area contributed by atoms with E-state index in [1.54, 1.807) is 6.07 Å². The smallest absolute Gasteiger partial charge is 0.270 e. The van der Waals surface area contributed by atoms with Gasteiger partial charge in [0, 0.05) is 31.2 Å². The Labute approximate surface area is 111 Å². The molecule has 1 saturated carbocycles. The molecule has 0 atom stereocenters. The molecule has 1 aromatic heterocycles. The number of nitrogen functional groups attached to an aromatic ring is 1. The number of hydrazine groups is 1. The topological polar surface area (TPSA) is 80.4 Å². The molecule has 2 aliphatic rings. The molecule has 1 aliphatic heterocycles. The largest absolute Gasteiger partial charge is 0.309 e. The zero-order valence-corrected chi connectivity index (χ0v) is 11.0. The van der Waals surface area contributed by atoms with Crippen LogP contribution in [0.1, 0.15) is 40.5 Å². The quantitative estimate of drug-likeness (QED) is 0.438. The molecule has 102 valence electrons. The lowest BCUT2D eigenvalue weighted by Gasteiger charge is -2.28. The van der Waals surface area contributed by atoms with Crippen LogP contribution < -0.4 is 16.8 Å². The number of hydrogen-bond donors (Lipinski definition) is 2. The van der Waals surface area contributed by atoms with Gasteiger partial charge in [0.05, 0.1) is 0 Å². The van der Waals surface area contributed by atoms with Gasteiger partial charge in [-0.05, 0) is 31.5 Å². The van der Waals surface area contributed by atoms with Crippen LogP contribution >= 0.6 is 0 Å². The van der Waals surface area contributed by atoms with Crippen molar-refractivity contribution in [2.45, 2.75) is 31.8 Å². The maximum absolute atomic E-state index is 12.4. The summed E-state index contributed by atoms with van der Waals surface area (Å²) in [6.07, 6.45) is 2.91. The molecule has 3 N–H and O–H groups in total. The fourth-order valence-electron chi connectivity index (χ4n) is 2.77. The van der Waals surface area contributed by atoms with Crippen LogP contribution in [-0.4, -0.2) is 29.0 Å². The molecule has 6 heteroatoms. The van der Waals surface area contributed by atoms with Crippen LogP contribution in [0.4, 0.5) is 0 Å². The zero-order chi connectivity index (χ0) is 13.6. The second kappa shape index (κ2) is 4.47. The molecule has 3 rings (SSSR count). The van der Waals surface area contributed by atoms with Gasteiger partial charge in [-0.3, -0.25) is 15.0 Å². The average Bonchev–Trinajstić information content (AvgIpc) is 3.21. The van der Waals surface area contributed by atoms with Crippen LogP contribution in [0.2, 0.25) is 0 Å². The summed E-state index contributed by atoms with van der Waals surface area (Å²) in [5.41, 5.74) is 4.18. The number of pyridine rings is 1. The molecule has 0 radical (unpaired) electrons. The van der Waals surface area contributed by atoms with Gasteiger partial charge in [0.25, 0.3) is 11.5 Å². The Hall–Kier alpha value is -1.66. The van der Waals surface area contributed by atoms with E-state index in [4.69, 9.17) is 5.84 Å². The Morgan fingerprint density at radius 2 is 2.21 bits per heavy atom. The third-order valence-electron chi connectivity index (χ3n) is 3.89. The van der Waals surface area contributed by atoms with E-state index < -0.39 is 5.91 Å². The van der Waals surface area contributed by atoms with Gasteiger partial charge in [0.1, 0.15) is 5.56 Å². The standard InChI is InChI=1S/C13H18N4O2/c1-16-5-4-11-8(7-16)6-10(12(18)15-14)13(19)17(11)9-2-3-9/h6,9H,2-5,7,14H2,1H3,(H,15,18). The first-order valence-corrected chi connectivity index (χ1v) is 6.58. The molecule has 0 saturated heterocycles. The van der Waals surface area contributed by atoms with Crippen molar-refractivity contribution >= 4 is 5.91 Å². The molecule has 1 aliphatic carbocycles. The van der Waals surface area contributed by atoms with Gasteiger partial charge in [-0.25, -0.2) is 5.84 Å². The Kier molecular flexibility index (Phi) is 2.91. The molecule has 0 aromatic carbocycles. The average molecular weight is 262 g/mol. The minimum absolute atomic E-state index is 0.156. The Bertz CT molecular complexity index is 589. The lowest BCUT2D eigenvalue weighted by Crippen LogP contribution is -2.40. The van der Waals surface area contributed by atoms with Gasteiger partial charge in [0.15, 0.2) is 0 Å². The Balaban J connectivity index is 2.18. The zero-order valence-electron chi connectivity index (χ0n) is 11.0. The van der Waals surface area contributed by atoms with Crippen molar-refractivity contribution in [1.82, 2.24) is 14.9 Å². The number of carbonyl (C=O) groups excluding carboxylic acids is 1. The summed E-state index contributed by atoms with van der Waals surface area (Å²) in [5, 5.41) is 0. The fraction of sp³-hybridized carbons (Fsp3) is 0.538. The van der Waals surface area contributed by atoms with Crippen molar-refractivity contribution < 1.29 is 4.79 Å². The lowest BCUT2D eigenvalue weighted by atomic mass is 10.0. The molecule has 0 unspecified atom stereocenters. The number of aromatic nitrogens is 1. The number of hydrogen-bond acceptors (Lipinski definition) is 4. The molecule has 19 heavy (non-hydrogen) atoms. The molecule has 6 nitrogen and oxygen atoms in total. The highest BCUT2D eigenvalue weighted by atomic mass is 16.2. The first-order valence-electron chi connectivity index (χ1n) is 6.58. The van der Waals surface area contributed by atoms with E-state index in [2.05, 4.69) is 10.3 Å². The van der Waals surface area contributed by atoms with E-state index in [9.17, 15) is 9.59 Å². The van der Waals surface area contributed by atoms with Crippen molar-refractivity contribution in [2.75, 3.05) is 13.6 Å². The van der Waals surface area contributed by atoms with Gasteiger partial charge in [-0.1, -0.05) is 0 Å². The molecular formula is C13H18N4O2. The first-order chi connectivity index (χ1) is 9.11. The summed E-state index contributed by atoms with van der Waals surface area (Å²) < 4.78 is 1.83. The van der Waals surface area contributed by atoms with Crippen molar-refractivity contribution in [2.24, 2.45) is 5.84 Å². The van der Waals surface area contributed by atoms with Crippen molar-refractivity contribution in [3.8, 4) is 0 Å². The van der Waals surface area contributed by atoms with E-state index in [0.29, 0.717) is 0 Å². The van der Waals surface area contributed by atoms with Crippen LogP contribution in [0, 0.1) is 0 Å². The van der Waals surface area contributed by atoms with Gasteiger partial charge < -0.3 is 9.47 Å². The number of fused-ring (bicyclic) bond motifs is 1. The van der Waals surface area contributed by atoms with E-state index in [1.807, 2.05) is 11.6 Å². The van der Waals surface area contributed by atoms with Crippen molar-refractivity contribution in [3.63, 3.8) is 0 Å². The summed E-state index contributed by atoms with van der Waals surface area (Å²) >= 11 is 0. The first kappa shape index (κ1) is 12.4. The van der Waals surface area contributed by atoms with Crippen LogP contribution in [0.15, 0.2) is 10.9 Å². The highest BCUT2D eigenvalue weighted by Gasteiger charge is 2.31. The maximum atomic E-state index is 12.4. The maximum Gasteiger partial charge on any atom is 0.270 e. The fourth-order valence-corrected chi connectivity index (χ4v) is 2.77. The van der Waals surface area contributed by atoms with E-state index >= 15 is 0 Å². The minimum atomic E-state index is -0.504. The molecule has 1 fully saturated rings. The monoisotopic (exact) mass is 262 g/mol. The van der Waals surface area contributed by atoms with E-state index in [0.717, 1.165) is 43.6 Å². The van der Waals surface area contributed by atoms with Crippen LogP contribution in [0.25, 0.3) is 0 Å². The summed E-state index contributed by atoms with van der Waals surface area (Å²) in [5.74, 6) is 4.66. The highest BCUT2D eigenvalue weighted by Crippen LogP contribution is 2.36. The summed E-state index contributed by atoms with van der Waals surface area (Å²) in [6, 6.07) is 1.98. The molecule has 0 bridgehead atoms. The predicted molar refractivity (Wildman–Crippen MR) is 70.7 cm³/mol. The molecule has 1 amide bonds. The van der Waals surface area contributed by atoms with Crippen molar-refractivity contribution in [1.29, 1.82) is 0 Å². The Morgan fingerprint density at radius 1 is 1.47 bits per heavy atom. The van der Waals surface area contributed by atoms with Gasteiger partial charge >= 0.3 is 0 Å². The number of nitrogens with two attached hydrogens (primary N) is 1. The molecule has 1 aromatic rings. The number of rotatable bonds is 2. The van der Waals surface area contributed by atoms with E-state index in [1.165, 1.54) is 0 Å². The number of nitrogens with zero attached hydrogens (tertiary/aromatic N) is 2. The second-order valence-electron chi connectivity index (χ2n) is 5.40. The van der Waals surface area contributed by atoms with Crippen molar-refractivity contribution in [3.05, 3.63) is 33.2 Å². The highest BCUT2D eigenvalue weighted by molar-refractivity contribution is 5.93. The van der Waals surface area contributed by atoms with Gasteiger partial charge in [-0.2, -0.15) is 0 Å². The number of amides is 1. The molecule has 0 spiro atoms. The van der Waals surface area contributed by atoms with Crippen LogP contribution in [-0.2, 0) is 13.0 Å². The third-order valence-corrected chi connectivity index (χ3v) is 3.89. The molecule has 2 heterocycles. The van der Waals surface area contributed by atoms with Crippen LogP contribution in [0.3, 0.4) is 0 Å². The van der Waals surface area contributed by atoms with Crippen LogP contribution in [0.5, 0.6) is 0 Å². The number of carbonyl (C=O) groups is 1. The third kappa shape index (κ3) is 2.06. The number of nitrogens with one attached hydrogen (secondary N) is 1.